The van der Waals surface area contributed by atoms with Crippen LogP contribution in [0.15, 0.2) is 23.8 Å². The lowest BCUT2D eigenvalue weighted by Gasteiger charge is -2.36. The number of rotatable bonds is 3. The predicted octanol–water partition coefficient (Wildman–Crippen LogP) is 3.68. The van der Waals surface area contributed by atoms with Gasteiger partial charge in [-0.15, -0.1) is 11.8 Å². The van der Waals surface area contributed by atoms with Crippen LogP contribution in [0.2, 0.25) is 0 Å². The van der Waals surface area contributed by atoms with Gasteiger partial charge in [-0.2, -0.15) is 0 Å². The first-order valence-electron chi connectivity index (χ1n) is 6.44. The zero-order valence-corrected chi connectivity index (χ0v) is 11.3. The minimum absolute atomic E-state index is 0.692. The zero-order chi connectivity index (χ0) is 11.4. The molecule has 0 amide bonds. The highest BCUT2D eigenvalue weighted by atomic mass is 32.2. The van der Waals surface area contributed by atoms with Gasteiger partial charge in [0.2, 0.25) is 0 Å². The first kappa shape index (κ1) is 12.3. The van der Waals surface area contributed by atoms with Gasteiger partial charge in [0.05, 0.1) is 5.37 Å². The predicted molar refractivity (Wildman–Crippen MR) is 73.7 cm³/mol. The van der Waals surface area contributed by atoms with Crippen LogP contribution in [0.25, 0.3) is 0 Å². The highest BCUT2D eigenvalue weighted by Gasteiger charge is 2.23. The Morgan fingerprint density at radius 3 is 2.62 bits per heavy atom. The van der Waals surface area contributed by atoms with Crippen LogP contribution in [-0.4, -0.2) is 29.6 Å². The molecule has 1 nitrogen and oxygen atoms in total. The van der Waals surface area contributed by atoms with Crippen LogP contribution in [0.4, 0.5) is 0 Å². The Hall–Kier alpha value is -0.210. The molecule has 0 radical (unpaired) electrons. The first-order chi connectivity index (χ1) is 7.81. The van der Waals surface area contributed by atoms with Gasteiger partial charge in [0, 0.05) is 0 Å². The molecule has 0 aromatic heterocycles. The van der Waals surface area contributed by atoms with Crippen LogP contribution < -0.4 is 0 Å². The molecular formula is C14H23NS. The summed E-state index contributed by atoms with van der Waals surface area (Å²) < 4.78 is 0. The molecule has 2 aliphatic rings. The Balaban J connectivity index is 1.85. The Kier molecular flexibility index (Phi) is 4.54. The highest BCUT2D eigenvalue weighted by molar-refractivity contribution is 7.99. The third-order valence-corrected chi connectivity index (χ3v) is 4.86. The zero-order valence-electron chi connectivity index (χ0n) is 10.5. The summed E-state index contributed by atoms with van der Waals surface area (Å²) >= 11 is 1.97. The number of nitrogens with zero attached hydrogens (tertiary/aromatic N) is 1. The van der Waals surface area contributed by atoms with Crippen LogP contribution in [0.3, 0.4) is 0 Å². The van der Waals surface area contributed by atoms with Gasteiger partial charge in [0.1, 0.15) is 0 Å². The van der Waals surface area contributed by atoms with Gasteiger partial charge in [-0.3, -0.25) is 4.90 Å². The lowest BCUT2D eigenvalue weighted by molar-refractivity contribution is 0.194. The molecule has 0 N–H and O–H groups in total. The van der Waals surface area contributed by atoms with Crippen LogP contribution >= 0.6 is 11.8 Å². The third-order valence-electron chi connectivity index (χ3n) is 3.88. The second-order valence-electron chi connectivity index (χ2n) is 4.83. The third kappa shape index (κ3) is 2.92. The SMILES string of the molecule is CSC(C)N1CCC(C2=CCCC=C2)CC1. The van der Waals surface area contributed by atoms with E-state index in [2.05, 4.69) is 36.3 Å². The van der Waals surface area contributed by atoms with Gasteiger partial charge in [-0.1, -0.05) is 18.2 Å². The average Bonchev–Trinajstić information content (AvgIpc) is 2.39. The smallest absolute Gasteiger partial charge is 0.0525 e. The van der Waals surface area contributed by atoms with E-state index in [1.165, 1.54) is 38.8 Å². The molecule has 2 heteroatoms. The number of hydrogen-bond donors (Lipinski definition) is 0. The summed E-state index contributed by atoms with van der Waals surface area (Å²) in [4.78, 5) is 2.62. The fraction of sp³-hybridized carbons (Fsp3) is 0.714. The fourth-order valence-electron chi connectivity index (χ4n) is 2.68. The Morgan fingerprint density at radius 2 is 2.06 bits per heavy atom. The van der Waals surface area contributed by atoms with Crippen molar-refractivity contribution in [2.45, 2.75) is 38.0 Å². The maximum Gasteiger partial charge on any atom is 0.0525 e. The lowest BCUT2D eigenvalue weighted by Crippen LogP contribution is -2.38. The van der Waals surface area contributed by atoms with Gasteiger partial charge < -0.3 is 0 Å². The molecule has 90 valence electrons. The molecule has 0 aromatic rings. The van der Waals surface area contributed by atoms with Crippen molar-refractivity contribution >= 4 is 11.8 Å². The van der Waals surface area contributed by atoms with Gasteiger partial charge in [-0.25, -0.2) is 0 Å². The van der Waals surface area contributed by atoms with Crippen molar-refractivity contribution in [3.05, 3.63) is 23.8 Å². The van der Waals surface area contributed by atoms with Crippen molar-refractivity contribution in [2.75, 3.05) is 19.3 Å². The standard InChI is InChI=1S/C14H23NS/c1-12(16-2)15-10-8-14(9-11-15)13-6-4-3-5-7-13/h4,6-7,12,14H,3,5,8-11H2,1-2H3. The van der Waals surface area contributed by atoms with E-state index >= 15 is 0 Å². The van der Waals surface area contributed by atoms with Gasteiger partial charge in [-0.05, 0) is 63.4 Å². The van der Waals surface area contributed by atoms with E-state index in [1.807, 2.05) is 11.8 Å². The topological polar surface area (TPSA) is 3.24 Å². The Labute approximate surface area is 104 Å². The highest BCUT2D eigenvalue weighted by Crippen LogP contribution is 2.29. The molecule has 1 aliphatic carbocycles. The molecule has 2 rings (SSSR count). The Morgan fingerprint density at radius 1 is 1.31 bits per heavy atom. The van der Waals surface area contributed by atoms with Gasteiger partial charge >= 0.3 is 0 Å². The van der Waals surface area contributed by atoms with Crippen molar-refractivity contribution < 1.29 is 0 Å². The van der Waals surface area contributed by atoms with Crippen molar-refractivity contribution in [3.63, 3.8) is 0 Å². The number of piperidine rings is 1. The maximum absolute atomic E-state index is 2.62. The number of thioether (sulfide) groups is 1. The normalized spacial score (nSPS) is 25.5. The minimum Gasteiger partial charge on any atom is -0.292 e. The van der Waals surface area contributed by atoms with Crippen LogP contribution in [-0.2, 0) is 0 Å². The molecule has 0 bridgehead atoms. The van der Waals surface area contributed by atoms with Gasteiger partial charge in [0.15, 0.2) is 0 Å². The van der Waals surface area contributed by atoms with Crippen LogP contribution in [0.1, 0.15) is 32.6 Å². The molecule has 1 aliphatic heterocycles. The van der Waals surface area contributed by atoms with Crippen molar-refractivity contribution in [2.24, 2.45) is 5.92 Å². The fourth-order valence-corrected chi connectivity index (χ4v) is 3.19. The Bertz CT molecular complexity index is 274. The maximum atomic E-state index is 2.62. The average molecular weight is 237 g/mol. The van der Waals surface area contributed by atoms with E-state index in [4.69, 9.17) is 0 Å². The largest absolute Gasteiger partial charge is 0.292 e. The van der Waals surface area contributed by atoms with Crippen molar-refractivity contribution in [1.82, 2.24) is 4.90 Å². The molecular weight excluding hydrogens is 214 g/mol. The van der Waals surface area contributed by atoms with Crippen LogP contribution in [0.5, 0.6) is 0 Å². The minimum atomic E-state index is 0.692. The van der Waals surface area contributed by atoms with E-state index in [0.717, 1.165) is 5.92 Å². The first-order valence-corrected chi connectivity index (χ1v) is 7.73. The van der Waals surface area contributed by atoms with E-state index in [1.54, 1.807) is 5.57 Å². The second-order valence-corrected chi connectivity index (χ2v) is 5.98. The molecule has 1 unspecified atom stereocenters. The molecule has 0 saturated carbocycles. The van der Waals surface area contributed by atoms with Crippen molar-refractivity contribution in [3.8, 4) is 0 Å². The summed E-state index contributed by atoms with van der Waals surface area (Å²) in [5.41, 5.74) is 1.61. The van der Waals surface area contributed by atoms with E-state index < -0.39 is 0 Å². The summed E-state index contributed by atoms with van der Waals surface area (Å²) in [6.07, 6.45) is 14.6. The molecule has 1 atom stereocenters. The number of likely N-dealkylation sites (tertiary alicyclic amines) is 1. The van der Waals surface area contributed by atoms with Crippen LogP contribution in [0, 0.1) is 5.92 Å². The van der Waals surface area contributed by atoms with Crippen molar-refractivity contribution in [1.29, 1.82) is 0 Å². The molecule has 1 saturated heterocycles. The molecule has 1 heterocycles. The molecule has 1 fully saturated rings. The summed E-state index contributed by atoms with van der Waals surface area (Å²) in [5.74, 6) is 0.835. The molecule has 0 spiro atoms. The second kappa shape index (κ2) is 5.92. The summed E-state index contributed by atoms with van der Waals surface area (Å²) in [6.45, 7) is 4.88. The number of allylic oxidation sites excluding steroid dienone is 4. The van der Waals surface area contributed by atoms with E-state index in [9.17, 15) is 0 Å². The summed E-state index contributed by atoms with van der Waals surface area (Å²) in [5, 5.41) is 0.692. The monoisotopic (exact) mass is 237 g/mol. The molecule has 0 aromatic carbocycles. The quantitative estimate of drug-likeness (QED) is 0.736. The summed E-state index contributed by atoms with van der Waals surface area (Å²) in [7, 11) is 0. The van der Waals surface area contributed by atoms with Gasteiger partial charge in [0.25, 0.3) is 0 Å². The lowest BCUT2D eigenvalue weighted by atomic mass is 9.86. The van der Waals surface area contributed by atoms with E-state index in [0.29, 0.717) is 5.37 Å². The molecule has 16 heavy (non-hydrogen) atoms. The number of hydrogen-bond acceptors (Lipinski definition) is 2. The van der Waals surface area contributed by atoms with E-state index in [-0.39, 0.29) is 0 Å². The summed E-state index contributed by atoms with van der Waals surface area (Å²) in [6, 6.07) is 0.